The number of hydrogen-bond acceptors (Lipinski definition) is 5. The van der Waals surface area contributed by atoms with Crippen LogP contribution in [0.5, 0.6) is 5.75 Å². The van der Waals surface area contributed by atoms with Crippen molar-refractivity contribution in [2.24, 2.45) is 0 Å². The fourth-order valence-electron chi connectivity index (χ4n) is 2.04. The maximum absolute atomic E-state index is 11.7. The molecule has 1 aromatic carbocycles. The smallest absolute Gasteiger partial charge is 0.342 e. The molecule has 1 aromatic heterocycles. The van der Waals surface area contributed by atoms with Crippen LogP contribution in [0.15, 0.2) is 32.7 Å². The Balaban J connectivity index is 2.32. The van der Waals surface area contributed by atoms with E-state index in [0.717, 1.165) is 34.9 Å². The van der Waals surface area contributed by atoms with Crippen molar-refractivity contribution in [3.05, 3.63) is 39.0 Å². The second-order valence-electron chi connectivity index (χ2n) is 5.58. The normalized spacial score (nSPS) is 11.8. The van der Waals surface area contributed by atoms with Crippen molar-refractivity contribution in [3.8, 4) is 5.75 Å². The lowest BCUT2D eigenvalue weighted by atomic mass is 10.2. The lowest BCUT2D eigenvalue weighted by Crippen LogP contribution is -2.07. The fraction of sp³-hybridized carbons (Fsp3) is 0.353. The van der Waals surface area contributed by atoms with Crippen LogP contribution in [0.25, 0.3) is 6.08 Å². The summed E-state index contributed by atoms with van der Waals surface area (Å²) in [6.07, 6.45) is 3.27. The third-order valence-electron chi connectivity index (χ3n) is 3.03. The third-order valence-corrected chi connectivity index (χ3v) is 4.40. The number of aromatic nitrogens is 3. The van der Waals surface area contributed by atoms with Crippen molar-refractivity contribution < 1.29 is 14.6 Å². The average molecular weight is 426 g/mol. The number of carbonyl (C=O) groups is 1. The van der Waals surface area contributed by atoms with Gasteiger partial charge >= 0.3 is 5.97 Å². The Bertz CT molecular complexity index is 774. The highest BCUT2D eigenvalue weighted by Gasteiger charge is 2.15. The second kappa shape index (κ2) is 9.05. The zero-order valence-electron chi connectivity index (χ0n) is 14.2. The van der Waals surface area contributed by atoms with Gasteiger partial charge in [0.15, 0.2) is 0 Å². The molecule has 134 valence electrons. The molecule has 6 nitrogen and oxygen atoms in total. The van der Waals surface area contributed by atoms with E-state index in [4.69, 9.17) is 4.74 Å². The van der Waals surface area contributed by atoms with E-state index in [1.165, 1.54) is 0 Å². The number of benzene rings is 1. The topological polar surface area (TPSA) is 88.1 Å². The summed E-state index contributed by atoms with van der Waals surface area (Å²) in [4.78, 5) is 16.1. The van der Waals surface area contributed by atoms with Gasteiger partial charge in [0.25, 0.3) is 0 Å². The molecule has 0 aliphatic heterocycles. The van der Waals surface area contributed by atoms with E-state index in [9.17, 15) is 9.90 Å². The average Bonchev–Trinajstić information content (AvgIpc) is 2.96. The Morgan fingerprint density at radius 2 is 2.24 bits per heavy atom. The van der Waals surface area contributed by atoms with Crippen LogP contribution in [-0.4, -0.2) is 32.4 Å². The van der Waals surface area contributed by atoms with E-state index in [2.05, 4.69) is 31.1 Å². The number of nitrogens with one attached hydrogen (secondary N) is 1. The Morgan fingerprint density at radius 1 is 1.48 bits per heavy atom. The largest absolute Gasteiger partial charge is 0.490 e. The zero-order valence-corrected chi connectivity index (χ0v) is 16.6. The van der Waals surface area contributed by atoms with E-state index >= 15 is 0 Å². The Labute approximate surface area is 159 Å². The molecule has 0 saturated carbocycles. The van der Waals surface area contributed by atoms with Crippen LogP contribution in [-0.2, 0) is 11.2 Å². The van der Waals surface area contributed by atoms with Crippen LogP contribution in [0.1, 0.15) is 38.6 Å². The van der Waals surface area contributed by atoms with Crippen molar-refractivity contribution in [1.82, 2.24) is 15.2 Å². The molecule has 0 amide bonds. The highest BCUT2D eigenvalue weighted by atomic mass is 79.9. The van der Waals surface area contributed by atoms with Crippen LogP contribution in [0.4, 0.5) is 0 Å². The molecular weight excluding hydrogens is 406 g/mol. The van der Waals surface area contributed by atoms with E-state index < -0.39 is 5.97 Å². The van der Waals surface area contributed by atoms with Gasteiger partial charge in [0.2, 0.25) is 5.16 Å². The fourth-order valence-corrected chi connectivity index (χ4v) is 3.14. The van der Waals surface area contributed by atoms with Crippen LogP contribution >= 0.6 is 27.7 Å². The van der Waals surface area contributed by atoms with Crippen LogP contribution < -0.4 is 4.74 Å². The van der Waals surface area contributed by atoms with Crippen molar-refractivity contribution in [2.45, 2.75) is 44.9 Å². The summed E-state index contributed by atoms with van der Waals surface area (Å²) in [6.45, 7) is 5.89. The molecule has 0 atom stereocenters. The van der Waals surface area contributed by atoms with Gasteiger partial charge in [0.05, 0.1) is 6.10 Å². The van der Waals surface area contributed by atoms with Gasteiger partial charge in [-0.15, -0.1) is 5.10 Å². The number of thioether (sulfide) groups is 1. The number of aryl methyl sites for hydroxylation is 1. The summed E-state index contributed by atoms with van der Waals surface area (Å²) in [5.74, 6) is 0.336. The van der Waals surface area contributed by atoms with Gasteiger partial charge < -0.3 is 9.84 Å². The summed E-state index contributed by atoms with van der Waals surface area (Å²) in [6, 6.07) is 5.49. The van der Waals surface area contributed by atoms with Gasteiger partial charge in [0, 0.05) is 16.5 Å². The standard InChI is InChI=1S/C17H20BrN3O3S/c1-4-5-15-19-17(21-20-15)25-14(16(22)23)9-11-8-12(18)6-7-13(11)24-10(2)3/h6-10H,4-5H2,1-3H3,(H,22,23)(H,19,20,21)/b14-9+. The number of carboxylic acids is 1. The zero-order chi connectivity index (χ0) is 18.4. The van der Waals surface area contributed by atoms with Crippen molar-refractivity contribution in [2.75, 3.05) is 0 Å². The summed E-state index contributed by atoms with van der Waals surface area (Å²) < 4.78 is 6.60. The number of carboxylic acid groups (broad SMARTS) is 1. The molecule has 8 heteroatoms. The highest BCUT2D eigenvalue weighted by Crippen LogP contribution is 2.31. The second-order valence-corrected chi connectivity index (χ2v) is 7.50. The quantitative estimate of drug-likeness (QED) is 0.477. The van der Waals surface area contributed by atoms with E-state index in [0.29, 0.717) is 16.5 Å². The molecular formula is C17H20BrN3O3S. The number of halogens is 1. The monoisotopic (exact) mass is 425 g/mol. The van der Waals surface area contributed by atoms with Crippen LogP contribution in [0, 0.1) is 0 Å². The van der Waals surface area contributed by atoms with Crippen molar-refractivity contribution >= 4 is 39.7 Å². The van der Waals surface area contributed by atoms with E-state index in [-0.39, 0.29) is 11.0 Å². The molecule has 25 heavy (non-hydrogen) atoms. The number of rotatable bonds is 8. The Hall–Kier alpha value is -1.80. The van der Waals surface area contributed by atoms with Crippen molar-refractivity contribution in [3.63, 3.8) is 0 Å². The number of aromatic amines is 1. The maximum Gasteiger partial charge on any atom is 0.342 e. The predicted molar refractivity (Wildman–Crippen MR) is 102 cm³/mol. The number of H-pyrrole nitrogens is 1. The molecule has 0 radical (unpaired) electrons. The Kier molecular flexibility index (Phi) is 7.07. The summed E-state index contributed by atoms with van der Waals surface area (Å²) >= 11 is 4.42. The first-order chi connectivity index (χ1) is 11.9. The number of nitrogens with zero attached hydrogens (tertiary/aromatic N) is 2. The molecule has 0 aliphatic carbocycles. The molecule has 0 bridgehead atoms. The molecule has 0 saturated heterocycles. The predicted octanol–water partition coefficient (Wildman–Crippen LogP) is 4.52. The molecule has 0 aliphatic rings. The lowest BCUT2D eigenvalue weighted by molar-refractivity contribution is -0.131. The van der Waals surface area contributed by atoms with E-state index in [1.54, 1.807) is 6.08 Å². The highest BCUT2D eigenvalue weighted by molar-refractivity contribution is 9.10. The minimum atomic E-state index is -1.04. The first kappa shape index (κ1) is 19.5. The van der Waals surface area contributed by atoms with Crippen molar-refractivity contribution in [1.29, 1.82) is 0 Å². The molecule has 1 heterocycles. The van der Waals surface area contributed by atoms with Gasteiger partial charge in [-0.2, -0.15) is 0 Å². The molecule has 0 unspecified atom stereocenters. The molecule has 2 aromatic rings. The van der Waals surface area contributed by atoms with E-state index in [1.807, 2.05) is 39.0 Å². The van der Waals surface area contributed by atoms with Gasteiger partial charge in [-0.25, -0.2) is 9.78 Å². The van der Waals surface area contributed by atoms with Crippen LogP contribution in [0.2, 0.25) is 0 Å². The SMILES string of the molecule is CCCc1nc(S/C(=C/c2cc(Br)ccc2OC(C)C)C(=O)O)n[nH]1. The number of aliphatic carboxylic acids is 1. The number of ether oxygens (including phenoxy) is 1. The Morgan fingerprint density at radius 3 is 2.88 bits per heavy atom. The first-order valence-corrected chi connectivity index (χ1v) is 9.50. The van der Waals surface area contributed by atoms with Crippen LogP contribution in [0.3, 0.4) is 0 Å². The summed E-state index contributed by atoms with van der Waals surface area (Å²) in [7, 11) is 0. The molecule has 2 N–H and O–H groups in total. The minimum Gasteiger partial charge on any atom is -0.490 e. The third kappa shape index (κ3) is 5.89. The van der Waals surface area contributed by atoms with Gasteiger partial charge in [-0.05, 0) is 56.3 Å². The van der Waals surface area contributed by atoms with Gasteiger partial charge in [-0.1, -0.05) is 22.9 Å². The molecule has 2 rings (SSSR count). The molecule has 0 spiro atoms. The lowest BCUT2D eigenvalue weighted by Gasteiger charge is -2.13. The maximum atomic E-state index is 11.7. The first-order valence-electron chi connectivity index (χ1n) is 7.89. The summed E-state index contributed by atoms with van der Waals surface area (Å²) in [5.41, 5.74) is 0.678. The molecule has 0 fully saturated rings. The summed E-state index contributed by atoms with van der Waals surface area (Å²) in [5, 5.41) is 16.8. The van der Waals surface area contributed by atoms with Gasteiger partial charge in [0.1, 0.15) is 16.5 Å². The van der Waals surface area contributed by atoms with Gasteiger partial charge in [-0.3, -0.25) is 5.10 Å². The number of hydrogen-bond donors (Lipinski definition) is 2. The minimum absolute atomic E-state index is 0.0149.